The summed E-state index contributed by atoms with van der Waals surface area (Å²) in [6.45, 7) is 0. The van der Waals surface area contributed by atoms with Crippen molar-refractivity contribution in [2.24, 2.45) is 0 Å². The molecule has 3 aromatic heterocycles. The summed E-state index contributed by atoms with van der Waals surface area (Å²) in [5, 5.41) is 5.01. The number of benzene rings is 9. The van der Waals surface area contributed by atoms with Gasteiger partial charge in [-0.1, -0.05) is 206 Å². The molecule has 0 amide bonds. The Labute approximate surface area is 398 Å². The van der Waals surface area contributed by atoms with Crippen LogP contribution in [0.4, 0.5) is 0 Å². The zero-order valence-corrected chi connectivity index (χ0v) is 37.8. The van der Waals surface area contributed by atoms with Crippen LogP contribution in [0, 0.1) is 0 Å². The first-order valence-corrected chi connectivity index (χ1v) is 24.0. The molecule has 68 heavy (non-hydrogen) atoms. The summed E-state index contributed by atoms with van der Waals surface area (Å²) >= 11 is 1.86. The predicted octanol–water partition coefficient (Wildman–Crippen LogP) is 16.8. The van der Waals surface area contributed by atoms with Gasteiger partial charge in [0.15, 0.2) is 17.5 Å². The Morgan fingerprint density at radius 1 is 0.426 bits per heavy atom. The van der Waals surface area contributed by atoms with E-state index in [1.54, 1.807) is 0 Å². The van der Waals surface area contributed by atoms with Crippen molar-refractivity contribution in [3.63, 3.8) is 0 Å². The Morgan fingerprint density at radius 2 is 0.971 bits per heavy atom. The summed E-state index contributed by atoms with van der Waals surface area (Å²) in [6, 6.07) is 78.1. The van der Waals surface area contributed by atoms with Gasteiger partial charge in [0.2, 0.25) is 0 Å². The van der Waals surface area contributed by atoms with E-state index in [2.05, 4.69) is 205 Å². The lowest BCUT2D eigenvalue weighted by Crippen LogP contribution is -2.09. The van der Waals surface area contributed by atoms with Crippen molar-refractivity contribution in [2.75, 3.05) is 0 Å². The Balaban J connectivity index is 1.14. The molecule has 1 atom stereocenters. The van der Waals surface area contributed by atoms with Crippen LogP contribution in [0.3, 0.4) is 0 Å². The van der Waals surface area contributed by atoms with E-state index in [1.807, 2.05) is 47.7 Å². The predicted molar refractivity (Wildman–Crippen MR) is 285 cm³/mol. The number of hydrogen-bond donors (Lipinski definition) is 0. The van der Waals surface area contributed by atoms with Gasteiger partial charge in [-0.2, -0.15) is 0 Å². The van der Waals surface area contributed by atoms with Gasteiger partial charge in [0, 0.05) is 59.1 Å². The Morgan fingerprint density at radius 3 is 1.62 bits per heavy atom. The highest BCUT2D eigenvalue weighted by Crippen LogP contribution is 2.48. The van der Waals surface area contributed by atoms with E-state index in [4.69, 9.17) is 15.0 Å². The standard InChI is InChI=1S/C63H42N4S/c1-5-17-41(18-6-1)43-29-33-45(34-30-43)53-39-49(63-65-61(47-21-9-3-10-22-47)64-62(66-63)48-23-11-4-12-24-48)40-54(46-35-31-44(32-36-46)42-19-7-2-8-20-42)59(53)67-55-27-15-13-25-50(55)51-37-38-57-58(60(51)67)52-26-14-16-28-56(52)68-57/h1-35,37-40,46H,36H2/t46-/m1/s1. The Hall–Kier alpha value is -8.51. The van der Waals surface area contributed by atoms with Crippen molar-refractivity contribution in [3.8, 4) is 62.1 Å². The lowest BCUT2D eigenvalue weighted by Gasteiger charge is -2.26. The normalized spacial score (nSPS) is 13.7. The van der Waals surface area contributed by atoms with Crippen LogP contribution in [0.1, 0.15) is 23.5 Å². The van der Waals surface area contributed by atoms with Gasteiger partial charge in [-0.15, -0.1) is 11.3 Å². The van der Waals surface area contributed by atoms with E-state index in [0.717, 1.165) is 39.9 Å². The molecule has 1 aliphatic carbocycles. The van der Waals surface area contributed by atoms with Crippen molar-refractivity contribution >= 4 is 58.9 Å². The van der Waals surface area contributed by atoms with Crippen LogP contribution < -0.4 is 0 Å². The Kier molecular flexibility index (Phi) is 9.80. The molecule has 320 valence electrons. The van der Waals surface area contributed by atoms with Crippen LogP contribution in [-0.2, 0) is 0 Å². The first kappa shape index (κ1) is 39.8. The molecule has 0 saturated heterocycles. The first-order chi connectivity index (χ1) is 33.7. The molecule has 5 heteroatoms. The molecule has 0 saturated carbocycles. The molecular weight excluding hydrogens is 845 g/mol. The molecule has 0 unspecified atom stereocenters. The van der Waals surface area contributed by atoms with E-state index < -0.39 is 0 Å². The molecule has 1 aliphatic rings. The van der Waals surface area contributed by atoms with Crippen molar-refractivity contribution in [2.45, 2.75) is 12.3 Å². The number of aromatic nitrogens is 4. The van der Waals surface area contributed by atoms with Crippen molar-refractivity contribution in [1.82, 2.24) is 19.5 Å². The SMILES string of the molecule is C1=C[C@@H](c2cc(-c3nc(-c4ccccc4)nc(-c4ccccc4)n3)cc(-c3ccc(-c4ccccc4)cc3)c2-n2c3ccccc3c3ccc4sc5ccccc5c4c32)CC=C1c1ccccc1. The molecule has 13 rings (SSSR count). The number of hydrogen-bond acceptors (Lipinski definition) is 4. The highest BCUT2D eigenvalue weighted by Gasteiger charge is 2.27. The maximum atomic E-state index is 5.33. The Bertz CT molecular complexity index is 3850. The topological polar surface area (TPSA) is 43.6 Å². The minimum atomic E-state index is 0.0263. The van der Waals surface area contributed by atoms with Crippen LogP contribution in [-0.4, -0.2) is 19.5 Å². The molecule has 9 aromatic carbocycles. The third-order valence-electron chi connectivity index (χ3n) is 13.4. The molecule has 0 N–H and O–H groups in total. The van der Waals surface area contributed by atoms with E-state index in [-0.39, 0.29) is 5.92 Å². The van der Waals surface area contributed by atoms with Gasteiger partial charge < -0.3 is 4.57 Å². The molecule has 0 radical (unpaired) electrons. The maximum Gasteiger partial charge on any atom is 0.164 e. The van der Waals surface area contributed by atoms with E-state index in [0.29, 0.717) is 17.5 Å². The zero-order valence-electron chi connectivity index (χ0n) is 37.0. The molecule has 3 heterocycles. The van der Waals surface area contributed by atoms with E-state index in [9.17, 15) is 0 Å². The highest BCUT2D eigenvalue weighted by molar-refractivity contribution is 7.26. The molecule has 0 spiro atoms. The van der Waals surface area contributed by atoms with E-state index in [1.165, 1.54) is 69.8 Å². The minimum absolute atomic E-state index is 0.0263. The van der Waals surface area contributed by atoms with Gasteiger partial charge in [-0.3, -0.25) is 0 Å². The third kappa shape index (κ3) is 6.95. The largest absolute Gasteiger partial charge is 0.308 e. The number of nitrogens with zero attached hydrogens (tertiary/aromatic N) is 4. The van der Waals surface area contributed by atoms with Crippen LogP contribution in [0.2, 0.25) is 0 Å². The number of rotatable bonds is 8. The van der Waals surface area contributed by atoms with Crippen molar-refractivity contribution < 1.29 is 0 Å². The molecule has 0 fully saturated rings. The fourth-order valence-electron chi connectivity index (χ4n) is 10.1. The maximum absolute atomic E-state index is 5.33. The van der Waals surface area contributed by atoms with Crippen LogP contribution >= 0.6 is 11.3 Å². The summed E-state index contributed by atoms with van der Waals surface area (Å²) in [7, 11) is 0. The molecule has 4 nitrogen and oxygen atoms in total. The molecule has 0 aliphatic heterocycles. The van der Waals surface area contributed by atoms with Gasteiger partial charge in [0.05, 0.1) is 16.7 Å². The number of para-hydroxylation sites is 1. The second-order valence-corrected chi connectivity index (χ2v) is 18.5. The minimum Gasteiger partial charge on any atom is -0.308 e. The quantitative estimate of drug-likeness (QED) is 0.153. The van der Waals surface area contributed by atoms with Crippen molar-refractivity contribution in [3.05, 3.63) is 248 Å². The number of fused-ring (bicyclic) bond motifs is 7. The van der Waals surface area contributed by atoms with Crippen LogP contribution in [0.25, 0.3) is 110 Å². The average Bonchev–Trinajstić information content (AvgIpc) is 3.97. The number of allylic oxidation sites excluding steroid dienone is 4. The van der Waals surface area contributed by atoms with Crippen molar-refractivity contribution in [1.29, 1.82) is 0 Å². The molecule has 0 bridgehead atoms. The monoisotopic (exact) mass is 886 g/mol. The summed E-state index contributed by atoms with van der Waals surface area (Å²) in [4.78, 5) is 15.8. The van der Waals surface area contributed by atoms with Gasteiger partial charge >= 0.3 is 0 Å². The highest BCUT2D eigenvalue weighted by atomic mass is 32.1. The second-order valence-electron chi connectivity index (χ2n) is 17.5. The van der Waals surface area contributed by atoms with Crippen LogP contribution in [0.5, 0.6) is 0 Å². The lowest BCUT2D eigenvalue weighted by molar-refractivity contribution is 0.846. The van der Waals surface area contributed by atoms with Gasteiger partial charge in [0.1, 0.15) is 0 Å². The van der Waals surface area contributed by atoms with Gasteiger partial charge in [0.25, 0.3) is 0 Å². The van der Waals surface area contributed by atoms with Gasteiger partial charge in [-0.05, 0) is 70.1 Å². The summed E-state index contributed by atoms with van der Waals surface area (Å²) in [5.74, 6) is 1.92. The number of thiophene rings is 1. The smallest absolute Gasteiger partial charge is 0.164 e. The third-order valence-corrected chi connectivity index (χ3v) is 14.5. The second kappa shape index (κ2) is 16.7. The summed E-state index contributed by atoms with van der Waals surface area (Å²) in [5.41, 5.74) is 14.6. The van der Waals surface area contributed by atoms with Gasteiger partial charge in [-0.25, -0.2) is 15.0 Å². The van der Waals surface area contributed by atoms with E-state index >= 15 is 0 Å². The summed E-state index contributed by atoms with van der Waals surface area (Å²) < 4.78 is 5.15. The summed E-state index contributed by atoms with van der Waals surface area (Å²) in [6.07, 6.45) is 7.95. The first-order valence-electron chi connectivity index (χ1n) is 23.2. The fraction of sp³-hybridized carbons (Fsp3) is 0.0317. The molecular formula is C63H42N4S. The average molecular weight is 887 g/mol. The molecule has 12 aromatic rings. The van der Waals surface area contributed by atoms with Crippen LogP contribution in [0.15, 0.2) is 237 Å². The fourth-order valence-corrected chi connectivity index (χ4v) is 11.3. The zero-order chi connectivity index (χ0) is 45.0. The lowest BCUT2D eigenvalue weighted by atomic mass is 9.84.